The minimum absolute atomic E-state index is 0. The highest BCUT2D eigenvalue weighted by molar-refractivity contribution is 14.0. The van der Waals surface area contributed by atoms with Crippen molar-refractivity contribution in [2.75, 3.05) is 51.9 Å². The van der Waals surface area contributed by atoms with Gasteiger partial charge in [-0.05, 0) is 19.6 Å². The van der Waals surface area contributed by atoms with E-state index in [1.807, 2.05) is 11.8 Å². The summed E-state index contributed by atoms with van der Waals surface area (Å²) in [4.78, 5) is 6.84. The fourth-order valence-corrected chi connectivity index (χ4v) is 2.19. The molecule has 1 saturated heterocycles. The van der Waals surface area contributed by atoms with Gasteiger partial charge in [0.05, 0.1) is 13.2 Å². The van der Waals surface area contributed by atoms with Crippen LogP contribution in [0.5, 0.6) is 0 Å². The van der Waals surface area contributed by atoms with Gasteiger partial charge in [-0.2, -0.15) is 11.8 Å². The van der Waals surface area contributed by atoms with Crippen LogP contribution in [0.3, 0.4) is 0 Å². The molecule has 1 aliphatic rings. The van der Waals surface area contributed by atoms with Crippen LogP contribution in [0.2, 0.25) is 0 Å². The van der Waals surface area contributed by atoms with Gasteiger partial charge in [-0.3, -0.25) is 4.99 Å². The highest BCUT2D eigenvalue weighted by atomic mass is 127. The quantitative estimate of drug-likeness (QED) is 0.327. The number of nitrogens with one attached hydrogen (secondary N) is 1. The molecule has 1 aliphatic heterocycles. The van der Waals surface area contributed by atoms with Gasteiger partial charge < -0.3 is 15.0 Å². The summed E-state index contributed by atoms with van der Waals surface area (Å²) in [5, 5.41) is 3.34. The summed E-state index contributed by atoms with van der Waals surface area (Å²) < 4.78 is 5.41. The zero-order valence-corrected chi connectivity index (χ0v) is 14.8. The minimum Gasteiger partial charge on any atom is -0.381 e. The SMILES string of the molecule is CCNC(=NCCSC)N(C)CC1CCOC1.I. The molecule has 0 aromatic heterocycles. The lowest BCUT2D eigenvalue weighted by molar-refractivity contribution is 0.181. The lowest BCUT2D eigenvalue weighted by atomic mass is 10.1. The van der Waals surface area contributed by atoms with Crippen LogP contribution in [-0.4, -0.2) is 62.8 Å². The Morgan fingerprint density at radius 1 is 1.56 bits per heavy atom. The highest BCUT2D eigenvalue weighted by Crippen LogP contribution is 2.13. The second-order valence-corrected chi connectivity index (χ2v) is 5.32. The van der Waals surface area contributed by atoms with Crippen LogP contribution in [0, 0.1) is 5.92 Å². The molecule has 0 bridgehead atoms. The Kier molecular flexibility index (Phi) is 11.4. The van der Waals surface area contributed by atoms with E-state index in [0.29, 0.717) is 5.92 Å². The van der Waals surface area contributed by atoms with E-state index < -0.39 is 0 Å². The Balaban J connectivity index is 0.00000289. The molecule has 0 saturated carbocycles. The van der Waals surface area contributed by atoms with Crippen LogP contribution in [0.15, 0.2) is 4.99 Å². The van der Waals surface area contributed by atoms with Gasteiger partial charge >= 0.3 is 0 Å². The lowest BCUT2D eigenvalue weighted by Gasteiger charge is -2.24. The number of aliphatic imine (C=N–C) groups is 1. The summed E-state index contributed by atoms with van der Waals surface area (Å²) in [7, 11) is 2.11. The number of thioether (sulfide) groups is 1. The molecular weight excluding hydrogens is 361 g/mol. The van der Waals surface area contributed by atoms with Crippen LogP contribution >= 0.6 is 35.7 Å². The van der Waals surface area contributed by atoms with E-state index in [0.717, 1.165) is 44.6 Å². The number of hydrogen-bond acceptors (Lipinski definition) is 3. The van der Waals surface area contributed by atoms with Gasteiger partial charge in [0.25, 0.3) is 0 Å². The number of rotatable bonds is 6. The molecule has 0 aliphatic carbocycles. The number of guanidine groups is 1. The molecule has 1 rings (SSSR count). The fraction of sp³-hybridized carbons (Fsp3) is 0.917. The zero-order chi connectivity index (χ0) is 12.5. The van der Waals surface area contributed by atoms with E-state index in [9.17, 15) is 0 Å². The van der Waals surface area contributed by atoms with Gasteiger partial charge in [-0.1, -0.05) is 0 Å². The molecule has 1 unspecified atom stereocenters. The number of hydrogen-bond donors (Lipinski definition) is 1. The van der Waals surface area contributed by atoms with E-state index in [1.54, 1.807) is 0 Å². The first-order valence-corrected chi connectivity index (χ1v) is 7.73. The average molecular weight is 387 g/mol. The monoisotopic (exact) mass is 387 g/mol. The van der Waals surface area contributed by atoms with Gasteiger partial charge in [-0.25, -0.2) is 0 Å². The maximum atomic E-state index is 5.41. The normalized spacial score (nSPS) is 19.5. The van der Waals surface area contributed by atoms with Gasteiger partial charge in [0, 0.05) is 38.4 Å². The maximum Gasteiger partial charge on any atom is 0.193 e. The van der Waals surface area contributed by atoms with E-state index in [-0.39, 0.29) is 24.0 Å². The Hall–Kier alpha value is 0.310. The molecule has 108 valence electrons. The second-order valence-electron chi connectivity index (χ2n) is 4.34. The first kappa shape index (κ1) is 18.3. The van der Waals surface area contributed by atoms with Gasteiger partial charge in [0.15, 0.2) is 5.96 Å². The van der Waals surface area contributed by atoms with Crippen molar-refractivity contribution in [3.63, 3.8) is 0 Å². The third-order valence-electron chi connectivity index (χ3n) is 2.81. The first-order chi connectivity index (χ1) is 8.27. The molecule has 6 heteroatoms. The number of nitrogens with zero attached hydrogens (tertiary/aromatic N) is 2. The minimum atomic E-state index is 0. The Bertz CT molecular complexity index is 235. The third-order valence-corrected chi connectivity index (χ3v) is 3.40. The molecule has 0 spiro atoms. The van der Waals surface area contributed by atoms with Gasteiger partial charge in [0.2, 0.25) is 0 Å². The summed E-state index contributed by atoms with van der Waals surface area (Å²) in [6.45, 7) is 6.76. The molecule has 0 radical (unpaired) electrons. The van der Waals surface area contributed by atoms with E-state index in [4.69, 9.17) is 4.74 Å². The first-order valence-electron chi connectivity index (χ1n) is 6.34. The van der Waals surface area contributed by atoms with Crippen LogP contribution in [0.25, 0.3) is 0 Å². The Morgan fingerprint density at radius 3 is 2.89 bits per heavy atom. The molecule has 1 fully saturated rings. The summed E-state index contributed by atoms with van der Waals surface area (Å²) >= 11 is 1.83. The predicted molar refractivity (Wildman–Crippen MR) is 91.3 cm³/mol. The van der Waals surface area contributed by atoms with E-state index >= 15 is 0 Å². The van der Waals surface area contributed by atoms with E-state index in [2.05, 4.69) is 35.4 Å². The van der Waals surface area contributed by atoms with Crippen molar-refractivity contribution in [1.29, 1.82) is 0 Å². The average Bonchev–Trinajstić information content (AvgIpc) is 2.81. The molecule has 1 heterocycles. The zero-order valence-electron chi connectivity index (χ0n) is 11.6. The predicted octanol–water partition coefficient (Wildman–Crippen LogP) is 1.90. The number of ether oxygens (including phenoxy) is 1. The molecular formula is C12H26IN3OS. The van der Waals surface area contributed by atoms with Crippen molar-refractivity contribution in [3.05, 3.63) is 0 Å². The highest BCUT2D eigenvalue weighted by Gasteiger charge is 2.18. The van der Waals surface area contributed by atoms with Gasteiger partial charge in [0.1, 0.15) is 0 Å². The van der Waals surface area contributed by atoms with Crippen molar-refractivity contribution in [2.45, 2.75) is 13.3 Å². The molecule has 4 nitrogen and oxygen atoms in total. The third kappa shape index (κ3) is 7.04. The molecule has 1 atom stereocenters. The molecule has 0 aromatic carbocycles. The smallest absolute Gasteiger partial charge is 0.193 e. The van der Waals surface area contributed by atoms with Crippen molar-refractivity contribution in [1.82, 2.24) is 10.2 Å². The Labute approximate surface area is 132 Å². The second kappa shape index (κ2) is 11.2. The summed E-state index contributed by atoms with van der Waals surface area (Å²) in [5.74, 6) is 2.76. The fourth-order valence-electron chi connectivity index (χ4n) is 1.91. The largest absolute Gasteiger partial charge is 0.381 e. The van der Waals surface area contributed by atoms with Crippen molar-refractivity contribution >= 4 is 41.7 Å². The summed E-state index contributed by atoms with van der Waals surface area (Å²) in [6, 6.07) is 0. The molecule has 1 N–H and O–H groups in total. The van der Waals surface area contributed by atoms with Crippen LogP contribution in [0.4, 0.5) is 0 Å². The molecule has 0 amide bonds. The van der Waals surface area contributed by atoms with Crippen LogP contribution < -0.4 is 5.32 Å². The number of halogens is 1. The van der Waals surface area contributed by atoms with Crippen molar-refractivity contribution in [3.8, 4) is 0 Å². The molecule has 0 aromatic rings. The van der Waals surface area contributed by atoms with E-state index in [1.165, 1.54) is 6.42 Å². The lowest BCUT2D eigenvalue weighted by Crippen LogP contribution is -2.41. The summed E-state index contributed by atoms with van der Waals surface area (Å²) in [6.07, 6.45) is 3.29. The topological polar surface area (TPSA) is 36.9 Å². The maximum absolute atomic E-state index is 5.41. The molecule has 18 heavy (non-hydrogen) atoms. The van der Waals surface area contributed by atoms with Gasteiger partial charge in [-0.15, -0.1) is 24.0 Å². The van der Waals surface area contributed by atoms with Crippen LogP contribution in [0.1, 0.15) is 13.3 Å². The summed E-state index contributed by atoms with van der Waals surface area (Å²) in [5.41, 5.74) is 0. The standard InChI is InChI=1S/C12H25N3OS.HI/c1-4-13-12(14-6-8-17-3)15(2)9-11-5-7-16-10-11;/h11H,4-10H2,1-3H3,(H,13,14);1H. The van der Waals surface area contributed by atoms with Crippen LogP contribution in [-0.2, 0) is 4.74 Å². The Morgan fingerprint density at radius 2 is 2.33 bits per heavy atom. The van der Waals surface area contributed by atoms with Crippen molar-refractivity contribution < 1.29 is 4.74 Å². The van der Waals surface area contributed by atoms with Crippen molar-refractivity contribution in [2.24, 2.45) is 10.9 Å².